The number of carbonyl (C=O) groups excluding carboxylic acids is 4. The Kier molecular flexibility index (Phi) is 5.53. The lowest BCUT2D eigenvalue weighted by Crippen LogP contribution is -2.40. The van der Waals surface area contributed by atoms with E-state index in [-0.39, 0.29) is 66.8 Å². The third-order valence-electron chi connectivity index (χ3n) is 6.55. The third kappa shape index (κ3) is 4.24. The Morgan fingerprint density at radius 1 is 1.09 bits per heavy atom. The molecule has 4 amide bonds. The second kappa shape index (κ2) is 8.43. The summed E-state index contributed by atoms with van der Waals surface area (Å²) in [7, 11) is 0. The van der Waals surface area contributed by atoms with Crippen molar-refractivity contribution in [3.8, 4) is 0 Å². The Balaban J connectivity index is 1.17. The summed E-state index contributed by atoms with van der Waals surface area (Å²) in [6.07, 6.45) is 7.00. The molecule has 0 aromatic carbocycles. The van der Waals surface area contributed by atoms with Gasteiger partial charge in [0, 0.05) is 13.1 Å². The van der Waals surface area contributed by atoms with Crippen molar-refractivity contribution in [3.63, 3.8) is 0 Å². The number of imidazole rings is 1. The first-order valence-corrected chi connectivity index (χ1v) is 11.6. The molecule has 0 unspecified atom stereocenters. The van der Waals surface area contributed by atoms with Gasteiger partial charge in [0.05, 0.1) is 18.2 Å². The summed E-state index contributed by atoms with van der Waals surface area (Å²) in [5.41, 5.74) is 0.00360. The minimum absolute atomic E-state index is 0.0827. The van der Waals surface area contributed by atoms with Crippen LogP contribution in [-0.4, -0.2) is 66.9 Å². The van der Waals surface area contributed by atoms with Crippen molar-refractivity contribution in [2.45, 2.75) is 39.3 Å². The Hall–Kier alpha value is -3.83. The number of anilines is 1. The molecule has 1 saturated carbocycles. The number of carbonyl (C=O) groups is 4. The van der Waals surface area contributed by atoms with Gasteiger partial charge in [-0.1, -0.05) is 12.2 Å². The van der Waals surface area contributed by atoms with Crippen molar-refractivity contribution in [1.29, 1.82) is 0 Å². The van der Waals surface area contributed by atoms with E-state index in [1.54, 1.807) is 20.8 Å². The number of allylic oxidation sites excluding steroid dienone is 2. The highest BCUT2D eigenvalue weighted by Crippen LogP contribution is 2.52. The van der Waals surface area contributed by atoms with E-state index in [1.165, 1.54) is 22.1 Å². The lowest BCUT2D eigenvalue weighted by molar-refractivity contribution is -0.141. The van der Waals surface area contributed by atoms with Gasteiger partial charge >= 0.3 is 6.09 Å². The fourth-order valence-corrected chi connectivity index (χ4v) is 5.19. The Labute approximate surface area is 201 Å². The summed E-state index contributed by atoms with van der Waals surface area (Å²) in [5.74, 6) is -0.585. The van der Waals surface area contributed by atoms with E-state index in [1.807, 2.05) is 0 Å². The smallest absolute Gasteiger partial charge is 0.413 e. The predicted octanol–water partition coefficient (Wildman–Crippen LogP) is 1.10. The minimum atomic E-state index is -0.677. The van der Waals surface area contributed by atoms with Crippen LogP contribution < -0.4 is 10.6 Å². The molecule has 2 aliphatic carbocycles. The average Bonchev–Trinajstić information content (AvgIpc) is 3.53. The normalized spacial score (nSPS) is 24.8. The number of imide groups is 1. The van der Waals surface area contributed by atoms with E-state index in [2.05, 4.69) is 37.7 Å². The molecule has 2 aromatic rings. The summed E-state index contributed by atoms with van der Waals surface area (Å²) in [6.45, 7) is 5.46. The van der Waals surface area contributed by atoms with Crippen LogP contribution in [0.4, 0.5) is 10.6 Å². The SMILES string of the molecule is CC(C)(C)OC(=O)Nc1ncnc2c1ncn2CC(=O)NCCN1C(=O)[C@@H]2[C@H](C1=O)[C@@H]1C=C[C@H]2C1. The Bertz CT molecular complexity index is 1220. The molecule has 0 radical (unpaired) electrons. The van der Waals surface area contributed by atoms with E-state index in [0.29, 0.717) is 11.2 Å². The highest BCUT2D eigenvalue weighted by molar-refractivity contribution is 6.06. The van der Waals surface area contributed by atoms with Crippen molar-refractivity contribution in [2.75, 3.05) is 18.4 Å². The van der Waals surface area contributed by atoms with Crippen LogP contribution >= 0.6 is 0 Å². The van der Waals surface area contributed by atoms with Crippen LogP contribution in [0, 0.1) is 23.7 Å². The fraction of sp³-hybridized carbons (Fsp3) is 0.522. The maximum Gasteiger partial charge on any atom is 0.413 e. The van der Waals surface area contributed by atoms with E-state index in [9.17, 15) is 19.2 Å². The van der Waals surface area contributed by atoms with E-state index < -0.39 is 11.7 Å². The monoisotopic (exact) mass is 481 g/mol. The van der Waals surface area contributed by atoms with Crippen molar-refractivity contribution < 1.29 is 23.9 Å². The summed E-state index contributed by atoms with van der Waals surface area (Å²) < 4.78 is 6.76. The maximum absolute atomic E-state index is 12.7. The van der Waals surface area contributed by atoms with Gasteiger partial charge in [0.15, 0.2) is 17.0 Å². The van der Waals surface area contributed by atoms with Gasteiger partial charge in [0.1, 0.15) is 18.5 Å². The molecule has 35 heavy (non-hydrogen) atoms. The summed E-state index contributed by atoms with van der Waals surface area (Å²) in [6, 6.07) is 0. The van der Waals surface area contributed by atoms with Gasteiger partial charge in [-0.3, -0.25) is 24.6 Å². The largest absolute Gasteiger partial charge is 0.444 e. The topological polar surface area (TPSA) is 148 Å². The van der Waals surface area contributed by atoms with Gasteiger partial charge in [0.2, 0.25) is 17.7 Å². The molecule has 0 spiro atoms. The first-order chi connectivity index (χ1) is 16.6. The molecule has 184 valence electrons. The van der Waals surface area contributed by atoms with Crippen LogP contribution in [0.3, 0.4) is 0 Å². The quantitative estimate of drug-likeness (QED) is 0.460. The molecule has 1 aliphatic heterocycles. The van der Waals surface area contributed by atoms with Crippen LogP contribution in [0.1, 0.15) is 27.2 Å². The molecule has 2 fully saturated rings. The molecule has 5 rings (SSSR count). The van der Waals surface area contributed by atoms with Crippen LogP contribution in [-0.2, 0) is 25.7 Å². The highest BCUT2D eigenvalue weighted by atomic mass is 16.6. The number of aromatic nitrogens is 4. The number of hydrogen-bond acceptors (Lipinski definition) is 8. The van der Waals surface area contributed by atoms with Crippen molar-refractivity contribution in [2.24, 2.45) is 23.7 Å². The molecule has 2 N–H and O–H groups in total. The number of nitrogens with one attached hydrogen (secondary N) is 2. The molecule has 4 atom stereocenters. The Morgan fingerprint density at radius 2 is 1.77 bits per heavy atom. The first-order valence-electron chi connectivity index (χ1n) is 11.6. The zero-order chi connectivity index (χ0) is 24.9. The minimum Gasteiger partial charge on any atom is -0.444 e. The van der Waals surface area contributed by atoms with Gasteiger partial charge in [-0.2, -0.15) is 0 Å². The summed E-state index contributed by atoms with van der Waals surface area (Å²) >= 11 is 0. The zero-order valence-corrected chi connectivity index (χ0v) is 19.7. The number of rotatable bonds is 6. The lowest BCUT2D eigenvalue weighted by atomic mass is 9.85. The average molecular weight is 482 g/mol. The van der Waals surface area contributed by atoms with E-state index in [0.717, 1.165) is 6.42 Å². The first kappa shape index (κ1) is 22.9. The molecule has 2 aromatic heterocycles. The third-order valence-corrected chi connectivity index (χ3v) is 6.55. The predicted molar refractivity (Wildman–Crippen MR) is 123 cm³/mol. The summed E-state index contributed by atoms with van der Waals surface area (Å²) in [4.78, 5) is 63.8. The second-order valence-corrected chi connectivity index (χ2v) is 10.1. The van der Waals surface area contributed by atoms with Crippen LogP contribution in [0.5, 0.6) is 0 Å². The Morgan fingerprint density at radius 3 is 2.43 bits per heavy atom. The molecule has 12 heteroatoms. The zero-order valence-electron chi connectivity index (χ0n) is 19.7. The number of hydrogen-bond donors (Lipinski definition) is 2. The molecule has 3 heterocycles. The number of ether oxygens (including phenoxy) is 1. The van der Waals surface area contributed by atoms with Gasteiger partial charge in [0.25, 0.3) is 0 Å². The second-order valence-electron chi connectivity index (χ2n) is 10.1. The van der Waals surface area contributed by atoms with Gasteiger partial charge in [-0.05, 0) is 39.0 Å². The lowest BCUT2D eigenvalue weighted by Gasteiger charge is -2.19. The number of fused-ring (bicyclic) bond motifs is 6. The molecule has 12 nitrogen and oxygen atoms in total. The van der Waals surface area contributed by atoms with Crippen LogP contribution in [0.25, 0.3) is 11.2 Å². The maximum atomic E-state index is 12.7. The van der Waals surface area contributed by atoms with Crippen LogP contribution in [0.2, 0.25) is 0 Å². The molecular weight excluding hydrogens is 454 g/mol. The van der Waals surface area contributed by atoms with E-state index in [4.69, 9.17) is 4.74 Å². The summed E-state index contributed by atoms with van der Waals surface area (Å²) in [5, 5.41) is 5.29. The van der Waals surface area contributed by atoms with E-state index >= 15 is 0 Å². The molecule has 1 saturated heterocycles. The molecule has 3 aliphatic rings. The van der Waals surface area contributed by atoms with Gasteiger partial charge in [-0.15, -0.1) is 0 Å². The van der Waals surface area contributed by atoms with Gasteiger partial charge in [-0.25, -0.2) is 19.7 Å². The fourth-order valence-electron chi connectivity index (χ4n) is 5.19. The van der Waals surface area contributed by atoms with Crippen molar-refractivity contribution in [3.05, 3.63) is 24.8 Å². The van der Waals surface area contributed by atoms with Crippen LogP contribution in [0.15, 0.2) is 24.8 Å². The number of nitrogens with zero attached hydrogens (tertiary/aromatic N) is 5. The van der Waals surface area contributed by atoms with Crippen molar-refractivity contribution >= 4 is 40.8 Å². The molecular formula is C23H27N7O5. The number of likely N-dealkylation sites (tertiary alicyclic amines) is 1. The standard InChI is InChI=1S/C23H27N7O5/c1-23(2,3)35-22(34)28-18-17-19(26-10-25-18)29(11-27-17)9-14(31)24-6-7-30-20(32)15-12-4-5-13(8-12)16(15)21(30)33/h4-5,10-13,15-16H,6-9H2,1-3H3,(H,24,31)(H,25,26,28,34)/t12-,13+,15-,16+. The van der Waals surface area contributed by atoms with Gasteiger partial charge < -0.3 is 14.6 Å². The van der Waals surface area contributed by atoms with Crippen molar-refractivity contribution in [1.82, 2.24) is 29.7 Å². The molecule has 2 bridgehead atoms. The number of amides is 4. The highest BCUT2D eigenvalue weighted by Gasteiger charge is 2.58.